The van der Waals surface area contributed by atoms with Gasteiger partial charge in [0.15, 0.2) is 0 Å². The van der Waals surface area contributed by atoms with Crippen LogP contribution in [0.5, 0.6) is 0 Å². The van der Waals surface area contributed by atoms with Crippen LogP contribution in [-0.4, -0.2) is 56.3 Å². The molecule has 0 aliphatic heterocycles. The maximum Gasteiger partial charge on any atom is 0.257 e. The van der Waals surface area contributed by atoms with Gasteiger partial charge in [-0.2, -0.15) is 0 Å². The Kier molecular flexibility index (Phi) is 6.45. The molecular formula is C9H23N2O2PS. The average Bonchev–Trinajstić information content (AvgIpc) is 2.01. The SMILES string of the molecule is CC(OP(C)(=O)SC(C)N(C)C)N(C)C. The number of nitrogens with zero attached hydrogens (tertiary/aromatic N) is 2. The van der Waals surface area contributed by atoms with Crippen molar-refractivity contribution in [3.8, 4) is 0 Å². The number of rotatable bonds is 6. The fourth-order valence-electron chi connectivity index (χ4n) is 0.768. The Morgan fingerprint density at radius 3 is 1.93 bits per heavy atom. The van der Waals surface area contributed by atoms with Gasteiger partial charge in [0.25, 0.3) is 6.57 Å². The molecule has 0 aromatic heterocycles. The topological polar surface area (TPSA) is 32.8 Å². The first-order valence-electron chi connectivity index (χ1n) is 4.93. The summed E-state index contributed by atoms with van der Waals surface area (Å²) in [5.41, 5.74) is 0. The molecule has 0 spiro atoms. The third-order valence-electron chi connectivity index (χ3n) is 2.14. The summed E-state index contributed by atoms with van der Waals surface area (Å²) in [5, 5.41) is 0.190. The lowest BCUT2D eigenvalue weighted by Gasteiger charge is -2.27. The van der Waals surface area contributed by atoms with Crippen molar-refractivity contribution in [3.05, 3.63) is 0 Å². The second-order valence-electron chi connectivity index (χ2n) is 4.11. The monoisotopic (exact) mass is 254 g/mol. The highest BCUT2D eigenvalue weighted by Crippen LogP contribution is 2.59. The lowest BCUT2D eigenvalue weighted by Crippen LogP contribution is -2.27. The summed E-state index contributed by atoms with van der Waals surface area (Å²) in [5.74, 6) is 0. The first-order valence-corrected chi connectivity index (χ1v) is 8.48. The van der Waals surface area contributed by atoms with Crippen LogP contribution < -0.4 is 0 Å². The van der Waals surface area contributed by atoms with Crippen LogP contribution in [-0.2, 0) is 9.09 Å². The normalized spacial score (nSPS) is 20.3. The second kappa shape index (κ2) is 6.26. The Hall–Kier alpha value is 0.460. The van der Waals surface area contributed by atoms with Crippen molar-refractivity contribution in [2.45, 2.75) is 25.4 Å². The van der Waals surface area contributed by atoms with Gasteiger partial charge >= 0.3 is 0 Å². The highest BCUT2D eigenvalue weighted by atomic mass is 32.7. The minimum Gasteiger partial charge on any atom is -0.302 e. The van der Waals surface area contributed by atoms with Gasteiger partial charge in [0.1, 0.15) is 6.23 Å². The lowest BCUT2D eigenvalue weighted by atomic mass is 10.6. The summed E-state index contributed by atoms with van der Waals surface area (Å²) < 4.78 is 17.7. The Morgan fingerprint density at radius 2 is 1.60 bits per heavy atom. The van der Waals surface area contributed by atoms with Crippen molar-refractivity contribution >= 4 is 18.0 Å². The Morgan fingerprint density at radius 1 is 1.13 bits per heavy atom. The van der Waals surface area contributed by atoms with Gasteiger partial charge in [-0.15, -0.1) is 0 Å². The molecule has 3 unspecified atom stereocenters. The van der Waals surface area contributed by atoms with Gasteiger partial charge in [0.05, 0.1) is 5.37 Å². The van der Waals surface area contributed by atoms with E-state index in [1.165, 1.54) is 11.4 Å². The fourth-order valence-corrected chi connectivity index (χ4v) is 5.05. The number of hydrogen-bond donors (Lipinski definition) is 0. The third-order valence-corrected chi connectivity index (χ3v) is 6.26. The molecule has 0 amide bonds. The Labute approximate surface area is 97.5 Å². The minimum absolute atomic E-state index is 0.123. The lowest BCUT2D eigenvalue weighted by molar-refractivity contribution is 0.0894. The molecule has 0 aliphatic carbocycles. The quantitative estimate of drug-likeness (QED) is 0.537. The zero-order valence-electron chi connectivity index (χ0n) is 10.7. The molecule has 0 saturated carbocycles. The standard InChI is InChI=1S/C9H23N2O2PS/c1-8(10(3)4)13-14(7,12)15-9(2)11(5)6/h8-9H,1-7H3. The number of hydrogen-bond acceptors (Lipinski definition) is 5. The maximum absolute atomic E-state index is 12.1. The van der Waals surface area contributed by atoms with E-state index < -0.39 is 6.57 Å². The third kappa shape index (κ3) is 6.59. The minimum atomic E-state index is -2.58. The highest BCUT2D eigenvalue weighted by molar-refractivity contribution is 8.56. The molecule has 0 heterocycles. The average molecular weight is 254 g/mol. The predicted octanol–water partition coefficient (Wildman–Crippen LogP) is 2.37. The summed E-state index contributed by atoms with van der Waals surface area (Å²) in [6, 6.07) is 0. The van der Waals surface area contributed by atoms with Crippen LogP contribution in [0, 0.1) is 0 Å². The molecule has 3 atom stereocenters. The van der Waals surface area contributed by atoms with E-state index in [-0.39, 0.29) is 11.6 Å². The van der Waals surface area contributed by atoms with Crippen LogP contribution >= 0.6 is 18.0 Å². The smallest absolute Gasteiger partial charge is 0.257 e. The van der Waals surface area contributed by atoms with Crippen LogP contribution in [0.4, 0.5) is 0 Å². The van der Waals surface area contributed by atoms with Crippen LogP contribution in [0.15, 0.2) is 0 Å². The Balaban J connectivity index is 4.25. The molecule has 0 aromatic rings. The van der Waals surface area contributed by atoms with Gasteiger partial charge in [0.2, 0.25) is 0 Å². The molecule has 6 heteroatoms. The van der Waals surface area contributed by atoms with E-state index in [9.17, 15) is 4.57 Å². The summed E-state index contributed by atoms with van der Waals surface area (Å²) in [4.78, 5) is 3.92. The van der Waals surface area contributed by atoms with Gasteiger partial charge < -0.3 is 4.52 Å². The van der Waals surface area contributed by atoms with Crippen molar-refractivity contribution < 1.29 is 9.09 Å². The van der Waals surface area contributed by atoms with E-state index in [0.717, 1.165) is 0 Å². The molecule has 0 bridgehead atoms. The molecule has 0 fully saturated rings. The van der Waals surface area contributed by atoms with Crippen LogP contribution in [0.1, 0.15) is 13.8 Å². The van der Waals surface area contributed by atoms with Crippen molar-refractivity contribution in [1.29, 1.82) is 0 Å². The van der Waals surface area contributed by atoms with Crippen molar-refractivity contribution in [2.24, 2.45) is 0 Å². The fraction of sp³-hybridized carbons (Fsp3) is 1.00. The van der Waals surface area contributed by atoms with Gasteiger partial charge in [-0.25, -0.2) is 0 Å². The molecule has 92 valence electrons. The Bertz CT molecular complexity index is 216. The van der Waals surface area contributed by atoms with Crippen molar-refractivity contribution in [2.75, 3.05) is 34.9 Å². The van der Waals surface area contributed by atoms with Crippen molar-refractivity contribution in [3.63, 3.8) is 0 Å². The van der Waals surface area contributed by atoms with E-state index in [1.807, 2.05) is 51.8 Å². The van der Waals surface area contributed by atoms with E-state index in [2.05, 4.69) is 0 Å². The van der Waals surface area contributed by atoms with E-state index in [0.29, 0.717) is 0 Å². The van der Waals surface area contributed by atoms with Crippen molar-refractivity contribution in [1.82, 2.24) is 9.80 Å². The molecule has 0 radical (unpaired) electrons. The molecular weight excluding hydrogens is 231 g/mol. The molecule has 0 rings (SSSR count). The maximum atomic E-state index is 12.1. The van der Waals surface area contributed by atoms with Crippen LogP contribution in [0.3, 0.4) is 0 Å². The summed E-state index contributed by atoms with van der Waals surface area (Å²) >= 11 is 1.39. The second-order valence-corrected chi connectivity index (χ2v) is 9.38. The summed E-state index contributed by atoms with van der Waals surface area (Å²) in [6.07, 6.45) is -0.123. The summed E-state index contributed by atoms with van der Waals surface area (Å²) in [6.45, 7) is 3.02. The zero-order valence-corrected chi connectivity index (χ0v) is 12.4. The largest absolute Gasteiger partial charge is 0.302 e. The molecule has 0 N–H and O–H groups in total. The zero-order chi connectivity index (χ0) is 12.2. The van der Waals surface area contributed by atoms with Gasteiger partial charge in [-0.3, -0.25) is 14.4 Å². The highest BCUT2D eigenvalue weighted by Gasteiger charge is 2.25. The van der Waals surface area contributed by atoms with Gasteiger partial charge in [0, 0.05) is 6.66 Å². The molecule has 0 aliphatic rings. The molecule has 0 aromatic carbocycles. The predicted molar refractivity (Wildman–Crippen MR) is 68.5 cm³/mol. The molecule has 0 saturated heterocycles. The van der Waals surface area contributed by atoms with E-state index in [4.69, 9.17) is 4.52 Å². The van der Waals surface area contributed by atoms with Gasteiger partial charge in [-0.05, 0) is 42.0 Å². The first kappa shape index (κ1) is 15.5. The molecule has 15 heavy (non-hydrogen) atoms. The molecule has 4 nitrogen and oxygen atoms in total. The van der Waals surface area contributed by atoms with Crippen LogP contribution in [0.25, 0.3) is 0 Å². The summed E-state index contributed by atoms with van der Waals surface area (Å²) in [7, 11) is 7.75. The van der Waals surface area contributed by atoms with E-state index in [1.54, 1.807) is 6.66 Å². The first-order chi connectivity index (χ1) is 6.65. The van der Waals surface area contributed by atoms with Crippen LogP contribution in [0.2, 0.25) is 0 Å². The van der Waals surface area contributed by atoms with E-state index >= 15 is 0 Å². The van der Waals surface area contributed by atoms with Gasteiger partial charge in [-0.1, -0.05) is 11.4 Å².